The Labute approximate surface area is 170 Å². The van der Waals surface area contributed by atoms with Crippen molar-refractivity contribution in [2.24, 2.45) is 0 Å². The van der Waals surface area contributed by atoms with Gasteiger partial charge in [-0.15, -0.1) is 0 Å². The van der Waals surface area contributed by atoms with E-state index in [0.717, 1.165) is 16.9 Å². The first kappa shape index (κ1) is 18.7. The minimum absolute atomic E-state index is 0.184. The summed E-state index contributed by atoms with van der Waals surface area (Å²) in [6.07, 6.45) is 0. The fourth-order valence-corrected chi connectivity index (χ4v) is 3.40. The van der Waals surface area contributed by atoms with Gasteiger partial charge in [-0.25, -0.2) is 4.98 Å². The van der Waals surface area contributed by atoms with Gasteiger partial charge in [-0.2, -0.15) is 0 Å². The molecule has 1 aromatic heterocycles. The fourth-order valence-electron chi connectivity index (χ4n) is 3.40. The summed E-state index contributed by atoms with van der Waals surface area (Å²) in [5.41, 5.74) is 4.90. The number of para-hydroxylation sites is 3. The Morgan fingerprint density at radius 2 is 1.72 bits per heavy atom. The number of carbonyl (C=O) groups excluding carboxylic acids is 1. The van der Waals surface area contributed by atoms with Crippen LogP contribution in [0, 0.1) is 6.92 Å². The van der Waals surface area contributed by atoms with Crippen molar-refractivity contribution in [2.45, 2.75) is 20.0 Å². The van der Waals surface area contributed by atoms with Crippen LogP contribution in [0.1, 0.15) is 27.3 Å². The number of nitrogens with one attached hydrogen (secondary N) is 1. The zero-order valence-corrected chi connectivity index (χ0v) is 16.6. The molecule has 146 valence electrons. The molecule has 0 atom stereocenters. The molecule has 5 nitrogen and oxygen atoms in total. The van der Waals surface area contributed by atoms with Gasteiger partial charge >= 0.3 is 0 Å². The maximum absolute atomic E-state index is 12.7. The molecule has 29 heavy (non-hydrogen) atoms. The van der Waals surface area contributed by atoms with Gasteiger partial charge in [0.15, 0.2) is 0 Å². The summed E-state index contributed by atoms with van der Waals surface area (Å²) in [7, 11) is 1.56. The van der Waals surface area contributed by atoms with Crippen LogP contribution in [0.5, 0.6) is 5.75 Å². The minimum atomic E-state index is -0.184. The van der Waals surface area contributed by atoms with E-state index in [-0.39, 0.29) is 5.91 Å². The number of nitrogens with zero attached hydrogens (tertiary/aromatic N) is 2. The monoisotopic (exact) mass is 385 g/mol. The molecule has 0 aliphatic heterocycles. The van der Waals surface area contributed by atoms with E-state index in [9.17, 15) is 4.79 Å². The number of hydrogen-bond donors (Lipinski definition) is 1. The average Bonchev–Trinajstić information content (AvgIpc) is 3.11. The lowest BCUT2D eigenvalue weighted by atomic mass is 10.1. The van der Waals surface area contributed by atoms with Crippen LogP contribution < -0.4 is 10.1 Å². The number of amides is 1. The van der Waals surface area contributed by atoms with Crippen molar-refractivity contribution in [1.82, 2.24) is 14.9 Å². The van der Waals surface area contributed by atoms with Gasteiger partial charge in [0.1, 0.15) is 11.6 Å². The molecule has 0 fully saturated rings. The van der Waals surface area contributed by atoms with Crippen molar-refractivity contribution in [3.8, 4) is 5.75 Å². The first-order valence-electron chi connectivity index (χ1n) is 9.56. The van der Waals surface area contributed by atoms with Crippen LogP contribution in [0.25, 0.3) is 11.0 Å². The zero-order valence-electron chi connectivity index (χ0n) is 16.6. The van der Waals surface area contributed by atoms with Crippen LogP contribution in [-0.2, 0) is 13.1 Å². The molecule has 4 rings (SSSR count). The van der Waals surface area contributed by atoms with Gasteiger partial charge in [0.25, 0.3) is 5.91 Å². The lowest BCUT2D eigenvalue weighted by Crippen LogP contribution is -2.25. The molecule has 4 aromatic rings. The summed E-state index contributed by atoms with van der Waals surface area (Å²) in [4.78, 5) is 17.4. The van der Waals surface area contributed by atoms with Gasteiger partial charge < -0.3 is 14.6 Å². The number of imidazole rings is 1. The van der Waals surface area contributed by atoms with Crippen LogP contribution in [0.4, 0.5) is 0 Å². The summed E-state index contributed by atoms with van der Waals surface area (Å²) < 4.78 is 7.45. The van der Waals surface area contributed by atoms with Gasteiger partial charge in [-0.05, 0) is 36.8 Å². The normalized spacial score (nSPS) is 10.8. The summed E-state index contributed by atoms with van der Waals surface area (Å²) in [5.74, 6) is 1.18. The van der Waals surface area contributed by atoms with Crippen molar-refractivity contribution < 1.29 is 9.53 Å². The number of carbonyl (C=O) groups is 1. The number of aromatic nitrogens is 2. The van der Waals surface area contributed by atoms with Gasteiger partial charge in [-0.3, -0.25) is 4.79 Å². The predicted octanol–water partition coefficient (Wildman–Crippen LogP) is 4.33. The summed E-state index contributed by atoms with van der Waals surface area (Å²) in [5, 5.41) is 2.98. The third-order valence-corrected chi connectivity index (χ3v) is 4.95. The zero-order chi connectivity index (χ0) is 20.2. The minimum Gasteiger partial charge on any atom is -0.496 e. The highest BCUT2D eigenvalue weighted by molar-refractivity contribution is 5.96. The van der Waals surface area contributed by atoms with E-state index in [1.165, 1.54) is 11.1 Å². The fraction of sp³-hybridized carbons (Fsp3) is 0.167. The first-order valence-corrected chi connectivity index (χ1v) is 9.56. The number of rotatable bonds is 6. The Morgan fingerprint density at radius 1 is 1.00 bits per heavy atom. The second-order valence-electron chi connectivity index (χ2n) is 6.97. The number of benzene rings is 3. The molecule has 1 heterocycles. The molecular formula is C24H23N3O2. The van der Waals surface area contributed by atoms with Gasteiger partial charge in [0.2, 0.25) is 0 Å². The third kappa shape index (κ3) is 3.99. The summed E-state index contributed by atoms with van der Waals surface area (Å²) in [6, 6.07) is 23.7. The number of methoxy groups -OCH3 is 1. The predicted molar refractivity (Wildman–Crippen MR) is 114 cm³/mol. The molecule has 5 heteroatoms. The van der Waals surface area contributed by atoms with E-state index in [4.69, 9.17) is 9.72 Å². The molecule has 0 aliphatic carbocycles. The molecule has 0 bridgehead atoms. The maximum atomic E-state index is 12.7. The van der Waals surface area contributed by atoms with Gasteiger partial charge in [0.05, 0.1) is 30.3 Å². The smallest absolute Gasteiger partial charge is 0.255 e. The number of ether oxygens (including phenoxy) is 1. The quantitative estimate of drug-likeness (QED) is 0.537. The highest BCUT2D eigenvalue weighted by Gasteiger charge is 2.15. The van der Waals surface area contributed by atoms with E-state index in [2.05, 4.69) is 47.1 Å². The molecular weight excluding hydrogens is 362 g/mol. The van der Waals surface area contributed by atoms with Crippen LogP contribution in [0.15, 0.2) is 72.8 Å². The van der Waals surface area contributed by atoms with Crippen molar-refractivity contribution in [2.75, 3.05) is 7.11 Å². The van der Waals surface area contributed by atoms with Crippen LogP contribution >= 0.6 is 0 Å². The molecule has 0 aliphatic rings. The standard InChI is InChI=1S/C24H23N3O2/c1-17-11-13-18(14-12-17)16-27-21-9-5-4-8-20(21)26-23(27)15-25-24(28)19-7-3-6-10-22(19)29-2/h3-14H,15-16H2,1-2H3,(H,25,28). The number of fused-ring (bicyclic) bond motifs is 1. The number of hydrogen-bond acceptors (Lipinski definition) is 3. The Bertz CT molecular complexity index is 1150. The lowest BCUT2D eigenvalue weighted by molar-refractivity contribution is 0.0946. The Morgan fingerprint density at radius 3 is 2.52 bits per heavy atom. The molecule has 0 spiro atoms. The van der Waals surface area contributed by atoms with Crippen LogP contribution in [0.3, 0.4) is 0 Å². The Hall–Kier alpha value is -3.60. The second kappa shape index (κ2) is 8.19. The average molecular weight is 385 g/mol. The van der Waals surface area contributed by atoms with E-state index in [1.807, 2.05) is 30.3 Å². The van der Waals surface area contributed by atoms with E-state index in [0.29, 0.717) is 24.4 Å². The summed E-state index contributed by atoms with van der Waals surface area (Å²) in [6.45, 7) is 3.10. The van der Waals surface area contributed by atoms with E-state index < -0.39 is 0 Å². The van der Waals surface area contributed by atoms with E-state index >= 15 is 0 Å². The third-order valence-electron chi connectivity index (χ3n) is 4.95. The molecule has 3 aromatic carbocycles. The lowest BCUT2D eigenvalue weighted by Gasteiger charge is -2.12. The van der Waals surface area contributed by atoms with Crippen molar-refractivity contribution >= 4 is 16.9 Å². The number of aryl methyl sites for hydroxylation is 1. The molecule has 1 N–H and O–H groups in total. The van der Waals surface area contributed by atoms with Crippen molar-refractivity contribution in [1.29, 1.82) is 0 Å². The second-order valence-corrected chi connectivity index (χ2v) is 6.97. The summed E-state index contributed by atoms with van der Waals surface area (Å²) >= 11 is 0. The highest BCUT2D eigenvalue weighted by atomic mass is 16.5. The van der Waals surface area contributed by atoms with Gasteiger partial charge in [0, 0.05) is 6.54 Å². The first-order chi connectivity index (χ1) is 14.2. The van der Waals surface area contributed by atoms with Crippen LogP contribution in [-0.4, -0.2) is 22.6 Å². The van der Waals surface area contributed by atoms with Gasteiger partial charge in [-0.1, -0.05) is 54.1 Å². The topological polar surface area (TPSA) is 56.1 Å². The SMILES string of the molecule is COc1ccccc1C(=O)NCc1nc2ccccc2n1Cc1ccc(C)cc1. The maximum Gasteiger partial charge on any atom is 0.255 e. The highest BCUT2D eigenvalue weighted by Crippen LogP contribution is 2.20. The van der Waals surface area contributed by atoms with Crippen LogP contribution in [0.2, 0.25) is 0 Å². The molecule has 0 saturated heterocycles. The molecule has 0 unspecified atom stereocenters. The molecule has 1 amide bonds. The van der Waals surface area contributed by atoms with E-state index in [1.54, 1.807) is 19.2 Å². The molecule has 0 saturated carbocycles. The Kier molecular flexibility index (Phi) is 5.29. The van der Waals surface area contributed by atoms with Crippen molar-refractivity contribution in [3.05, 3.63) is 95.3 Å². The molecule has 0 radical (unpaired) electrons. The Balaban J connectivity index is 1.61. The largest absolute Gasteiger partial charge is 0.496 e. The van der Waals surface area contributed by atoms with Crippen molar-refractivity contribution in [3.63, 3.8) is 0 Å².